The molecule has 0 atom stereocenters. The van der Waals surface area contributed by atoms with Gasteiger partial charge in [-0.15, -0.1) is 11.3 Å². The minimum atomic E-state index is -0.207. The molecule has 4 N–H and O–H groups in total. The molecule has 6 heteroatoms. The van der Waals surface area contributed by atoms with Crippen molar-refractivity contribution in [2.75, 3.05) is 11.9 Å². The summed E-state index contributed by atoms with van der Waals surface area (Å²) in [6.45, 7) is 4.12. The maximum absolute atomic E-state index is 12.0. The van der Waals surface area contributed by atoms with Crippen LogP contribution in [0.2, 0.25) is 0 Å². The van der Waals surface area contributed by atoms with Crippen molar-refractivity contribution in [1.82, 2.24) is 10.3 Å². The largest absolute Gasteiger partial charge is 0.325 e. The van der Waals surface area contributed by atoms with Crippen LogP contribution in [0, 0.1) is 0 Å². The predicted molar refractivity (Wildman–Crippen MR) is 81.8 cm³/mol. The summed E-state index contributed by atoms with van der Waals surface area (Å²) in [4.78, 5) is 16.2. The van der Waals surface area contributed by atoms with E-state index in [1.54, 1.807) is 5.38 Å². The van der Waals surface area contributed by atoms with Crippen LogP contribution in [0.3, 0.4) is 0 Å². The normalized spacial score (nSPS) is 10.5. The van der Waals surface area contributed by atoms with Gasteiger partial charge in [0.25, 0.3) is 5.91 Å². The summed E-state index contributed by atoms with van der Waals surface area (Å²) in [5, 5.41) is 8.58. The number of benzene rings is 1. The molecule has 0 aliphatic rings. The Morgan fingerprint density at radius 2 is 2.30 bits per heavy atom. The summed E-state index contributed by atoms with van der Waals surface area (Å²) < 4.78 is 0. The molecule has 1 aromatic heterocycles. The van der Waals surface area contributed by atoms with E-state index in [4.69, 9.17) is 5.73 Å². The van der Waals surface area contributed by atoms with Gasteiger partial charge in [0.15, 0.2) is 0 Å². The zero-order valence-corrected chi connectivity index (χ0v) is 12.2. The van der Waals surface area contributed by atoms with Gasteiger partial charge < -0.3 is 16.4 Å². The highest BCUT2D eigenvalue weighted by Gasteiger charge is 2.10. The number of thiazole rings is 1. The highest BCUT2D eigenvalue weighted by Crippen LogP contribution is 2.14. The van der Waals surface area contributed by atoms with E-state index in [9.17, 15) is 4.79 Å². The molecule has 106 valence electrons. The summed E-state index contributed by atoms with van der Waals surface area (Å²) in [5.41, 5.74) is 7.80. The van der Waals surface area contributed by atoms with E-state index in [2.05, 4.69) is 22.5 Å². The first-order valence-corrected chi connectivity index (χ1v) is 7.36. The molecular formula is C14H18N4OS. The Balaban J connectivity index is 2.03. The van der Waals surface area contributed by atoms with Crippen LogP contribution in [-0.4, -0.2) is 17.4 Å². The number of hydrogen-bond donors (Lipinski definition) is 3. The average molecular weight is 290 g/mol. The lowest BCUT2D eigenvalue weighted by atomic mass is 10.2. The molecule has 0 radical (unpaired) electrons. The summed E-state index contributed by atoms with van der Waals surface area (Å²) in [5.74, 6) is -0.207. The van der Waals surface area contributed by atoms with Crippen LogP contribution in [0.25, 0.3) is 0 Å². The average Bonchev–Trinajstić information content (AvgIpc) is 2.94. The van der Waals surface area contributed by atoms with Crippen molar-refractivity contribution in [3.05, 3.63) is 45.9 Å². The van der Waals surface area contributed by atoms with Crippen LogP contribution in [0.1, 0.15) is 28.0 Å². The van der Waals surface area contributed by atoms with E-state index in [0.29, 0.717) is 12.2 Å². The van der Waals surface area contributed by atoms with Crippen molar-refractivity contribution in [2.45, 2.75) is 20.0 Å². The van der Waals surface area contributed by atoms with Crippen LogP contribution in [0.15, 0.2) is 29.6 Å². The van der Waals surface area contributed by atoms with Gasteiger partial charge in [0.2, 0.25) is 0 Å². The van der Waals surface area contributed by atoms with Gasteiger partial charge in [0.05, 0.1) is 0 Å². The van der Waals surface area contributed by atoms with Crippen LogP contribution in [-0.2, 0) is 13.1 Å². The SMILES string of the molecule is CCNCc1cccc(NC(=O)c2csc(CN)n2)c1. The zero-order chi connectivity index (χ0) is 14.4. The topological polar surface area (TPSA) is 80.0 Å². The predicted octanol–water partition coefficient (Wildman–Crippen LogP) is 1.96. The maximum atomic E-state index is 12.0. The molecule has 0 unspecified atom stereocenters. The highest BCUT2D eigenvalue weighted by molar-refractivity contribution is 7.09. The fraction of sp³-hybridized carbons (Fsp3) is 0.286. The Kier molecular flexibility index (Phi) is 5.23. The molecule has 5 nitrogen and oxygen atoms in total. The number of nitrogens with zero attached hydrogens (tertiary/aromatic N) is 1. The van der Waals surface area contributed by atoms with Crippen molar-refractivity contribution in [3.8, 4) is 0 Å². The molecule has 2 aromatic rings. The Bertz CT molecular complexity index is 582. The second kappa shape index (κ2) is 7.14. The number of anilines is 1. The molecule has 1 heterocycles. The van der Waals surface area contributed by atoms with Crippen LogP contribution in [0.5, 0.6) is 0 Å². The minimum absolute atomic E-state index is 0.207. The van der Waals surface area contributed by atoms with E-state index in [-0.39, 0.29) is 5.91 Å². The number of hydrogen-bond acceptors (Lipinski definition) is 5. The monoisotopic (exact) mass is 290 g/mol. The molecule has 0 saturated carbocycles. The molecule has 0 aliphatic heterocycles. The Morgan fingerprint density at radius 1 is 1.45 bits per heavy atom. The van der Waals surface area contributed by atoms with Gasteiger partial charge in [-0.1, -0.05) is 19.1 Å². The Hall–Kier alpha value is -1.76. The van der Waals surface area contributed by atoms with Crippen molar-refractivity contribution < 1.29 is 4.79 Å². The number of nitrogens with one attached hydrogen (secondary N) is 2. The Labute approximate surface area is 122 Å². The lowest BCUT2D eigenvalue weighted by molar-refractivity contribution is 0.102. The number of amides is 1. The number of nitrogens with two attached hydrogens (primary N) is 1. The summed E-state index contributed by atoms with van der Waals surface area (Å²) in [6, 6.07) is 7.77. The lowest BCUT2D eigenvalue weighted by Gasteiger charge is -2.06. The fourth-order valence-corrected chi connectivity index (χ4v) is 2.39. The quantitative estimate of drug-likeness (QED) is 0.760. The third-order valence-electron chi connectivity index (χ3n) is 2.72. The third kappa shape index (κ3) is 3.86. The number of carbonyl (C=O) groups excluding carboxylic acids is 1. The number of rotatable bonds is 6. The van der Waals surface area contributed by atoms with Gasteiger partial charge in [0, 0.05) is 24.2 Å². The van der Waals surface area contributed by atoms with Gasteiger partial charge in [0.1, 0.15) is 10.7 Å². The van der Waals surface area contributed by atoms with Crippen molar-refractivity contribution in [1.29, 1.82) is 0 Å². The van der Waals surface area contributed by atoms with Gasteiger partial charge in [-0.25, -0.2) is 4.98 Å². The lowest BCUT2D eigenvalue weighted by Crippen LogP contribution is -2.14. The first-order valence-electron chi connectivity index (χ1n) is 6.48. The van der Waals surface area contributed by atoms with Gasteiger partial charge in [-0.3, -0.25) is 4.79 Å². The van der Waals surface area contributed by atoms with Gasteiger partial charge >= 0.3 is 0 Å². The maximum Gasteiger partial charge on any atom is 0.275 e. The third-order valence-corrected chi connectivity index (χ3v) is 3.59. The van der Waals surface area contributed by atoms with Crippen LogP contribution < -0.4 is 16.4 Å². The Morgan fingerprint density at radius 3 is 3.00 bits per heavy atom. The second-order valence-electron chi connectivity index (χ2n) is 4.27. The molecule has 0 spiro atoms. The summed E-state index contributed by atoms with van der Waals surface area (Å²) >= 11 is 1.40. The molecule has 0 aliphatic carbocycles. The zero-order valence-electron chi connectivity index (χ0n) is 11.3. The van der Waals surface area contributed by atoms with Crippen molar-refractivity contribution in [2.24, 2.45) is 5.73 Å². The van der Waals surface area contributed by atoms with Crippen LogP contribution >= 0.6 is 11.3 Å². The van der Waals surface area contributed by atoms with E-state index in [1.165, 1.54) is 11.3 Å². The van der Waals surface area contributed by atoms with E-state index in [0.717, 1.165) is 29.3 Å². The molecule has 1 aromatic carbocycles. The molecular weight excluding hydrogens is 272 g/mol. The van der Waals surface area contributed by atoms with Gasteiger partial charge in [-0.2, -0.15) is 0 Å². The van der Waals surface area contributed by atoms with Gasteiger partial charge in [-0.05, 0) is 24.2 Å². The van der Waals surface area contributed by atoms with Crippen molar-refractivity contribution in [3.63, 3.8) is 0 Å². The first kappa shape index (κ1) is 14.6. The molecule has 0 saturated heterocycles. The number of carbonyl (C=O) groups is 1. The van der Waals surface area contributed by atoms with E-state index in [1.807, 2.05) is 24.3 Å². The molecule has 20 heavy (non-hydrogen) atoms. The summed E-state index contributed by atoms with van der Waals surface area (Å²) in [6.07, 6.45) is 0. The fourth-order valence-electron chi connectivity index (χ4n) is 1.73. The molecule has 0 bridgehead atoms. The van der Waals surface area contributed by atoms with E-state index < -0.39 is 0 Å². The molecule has 0 fully saturated rings. The summed E-state index contributed by atoms with van der Waals surface area (Å²) in [7, 11) is 0. The standard InChI is InChI=1S/C14H18N4OS/c1-2-16-8-10-4-3-5-11(6-10)17-14(19)12-9-20-13(7-15)18-12/h3-6,9,16H,2,7-8,15H2,1H3,(H,17,19). The van der Waals surface area contributed by atoms with Crippen molar-refractivity contribution >= 4 is 22.9 Å². The molecule has 1 amide bonds. The first-order chi connectivity index (χ1) is 9.72. The van der Waals surface area contributed by atoms with E-state index >= 15 is 0 Å². The highest BCUT2D eigenvalue weighted by atomic mass is 32.1. The molecule has 2 rings (SSSR count). The second-order valence-corrected chi connectivity index (χ2v) is 5.21. The minimum Gasteiger partial charge on any atom is -0.325 e. The smallest absolute Gasteiger partial charge is 0.275 e. The number of aromatic nitrogens is 1. The van der Waals surface area contributed by atoms with Crippen LogP contribution in [0.4, 0.5) is 5.69 Å².